The smallest absolute Gasteiger partial charge is 0.191 e. The van der Waals surface area contributed by atoms with E-state index in [1.54, 1.807) is 12.1 Å². The lowest BCUT2D eigenvalue weighted by atomic mass is 10.1. The van der Waals surface area contributed by atoms with Gasteiger partial charge in [0.2, 0.25) is 0 Å². The van der Waals surface area contributed by atoms with Gasteiger partial charge in [0.05, 0.1) is 11.4 Å². The molecule has 8 heteroatoms. The van der Waals surface area contributed by atoms with Gasteiger partial charge in [0.25, 0.3) is 0 Å². The second-order valence-electron chi connectivity index (χ2n) is 6.85. The molecule has 0 fully saturated rings. The highest BCUT2D eigenvalue weighted by molar-refractivity contribution is 14.0. The van der Waals surface area contributed by atoms with E-state index in [0.29, 0.717) is 18.0 Å². The molecule has 0 aliphatic rings. The molecule has 2 rings (SSSR count). The van der Waals surface area contributed by atoms with E-state index in [1.807, 2.05) is 39.2 Å². The summed E-state index contributed by atoms with van der Waals surface area (Å²) in [7, 11) is 0.898. The number of sulfone groups is 1. The van der Waals surface area contributed by atoms with Crippen molar-refractivity contribution in [1.29, 1.82) is 0 Å². The van der Waals surface area contributed by atoms with Crippen LogP contribution in [0.1, 0.15) is 18.1 Å². The van der Waals surface area contributed by atoms with E-state index in [-0.39, 0.29) is 24.0 Å². The normalized spacial score (nSPS) is 11.5. The van der Waals surface area contributed by atoms with Gasteiger partial charge in [0.15, 0.2) is 15.8 Å². The van der Waals surface area contributed by atoms with Crippen LogP contribution in [0, 0.1) is 0 Å². The molecule has 0 spiro atoms. The minimum Gasteiger partial charge on any atom is -0.378 e. The molecule has 29 heavy (non-hydrogen) atoms. The van der Waals surface area contributed by atoms with Gasteiger partial charge in [-0.15, -0.1) is 24.0 Å². The van der Waals surface area contributed by atoms with E-state index in [4.69, 9.17) is 0 Å². The van der Waals surface area contributed by atoms with Crippen molar-refractivity contribution in [1.82, 2.24) is 10.6 Å². The highest BCUT2D eigenvalue weighted by atomic mass is 127. The number of anilines is 1. The molecule has 0 atom stereocenters. The third-order valence-corrected chi connectivity index (χ3v) is 5.38. The zero-order valence-corrected chi connectivity index (χ0v) is 20.6. The third kappa shape index (κ3) is 8.61. The first-order valence-corrected chi connectivity index (χ1v) is 11.3. The Kier molecular flexibility index (Phi) is 10.5. The Balaban J connectivity index is 0.00000420. The Morgan fingerprint density at radius 1 is 1.03 bits per heavy atom. The Morgan fingerprint density at radius 2 is 1.72 bits per heavy atom. The summed E-state index contributed by atoms with van der Waals surface area (Å²) in [5.74, 6) is 0.769. The van der Waals surface area contributed by atoms with Gasteiger partial charge in [-0.1, -0.05) is 24.3 Å². The second kappa shape index (κ2) is 12.0. The summed E-state index contributed by atoms with van der Waals surface area (Å²) in [6.07, 6.45) is 2.00. The van der Waals surface area contributed by atoms with Gasteiger partial charge in [-0.25, -0.2) is 13.4 Å². The van der Waals surface area contributed by atoms with Crippen molar-refractivity contribution < 1.29 is 8.42 Å². The fourth-order valence-electron chi connectivity index (χ4n) is 2.67. The number of benzene rings is 2. The third-order valence-electron chi connectivity index (χ3n) is 4.25. The van der Waals surface area contributed by atoms with Crippen LogP contribution in [0.15, 0.2) is 58.4 Å². The van der Waals surface area contributed by atoms with Gasteiger partial charge in [-0.2, -0.15) is 0 Å². The van der Waals surface area contributed by atoms with E-state index in [1.165, 1.54) is 6.26 Å². The first kappa shape index (κ1) is 25.2. The minimum atomic E-state index is -3.15. The highest BCUT2D eigenvalue weighted by Crippen LogP contribution is 2.14. The van der Waals surface area contributed by atoms with Crippen molar-refractivity contribution in [2.45, 2.75) is 24.8 Å². The molecule has 0 saturated heterocycles. The van der Waals surface area contributed by atoms with Crippen molar-refractivity contribution >= 4 is 45.5 Å². The number of guanidine groups is 1. The van der Waals surface area contributed by atoms with Crippen molar-refractivity contribution in [3.63, 3.8) is 0 Å². The average molecular weight is 530 g/mol. The summed E-state index contributed by atoms with van der Waals surface area (Å²) in [4.78, 5) is 7.08. The van der Waals surface area contributed by atoms with Crippen molar-refractivity contribution in [2.24, 2.45) is 4.99 Å². The standard InChI is InChI=1S/C21H30N4O2S.HI/c1-5-22-21(24-16-18-7-6-8-19(15-18)25(2)3)23-14-13-17-9-11-20(12-10-17)28(4,26)27;/h6-12,15H,5,13-14,16H2,1-4H3,(H2,22,23,24);1H. The molecule has 0 aliphatic carbocycles. The largest absolute Gasteiger partial charge is 0.378 e. The first-order chi connectivity index (χ1) is 13.3. The van der Waals surface area contributed by atoms with Crippen LogP contribution >= 0.6 is 24.0 Å². The monoisotopic (exact) mass is 530 g/mol. The molecule has 0 amide bonds. The van der Waals surface area contributed by atoms with Crippen LogP contribution in [0.5, 0.6) is 0 Å². The number of aliphatic imine (C=N–C) groups is 1. The number of hydrogen-bond donors (Lipinski definition) is 2. The predicted octanol–water partition coefficient (Wildman–Crippen LogP) is 3.07. The van der Waals surface area contributed by atoms with Crippen LogP contribution in [0.4, 0.5) is 5.69 Å². The molecule has 2 N–H and O–H groups in total. The van der Waals surface area contributed by atoms with E-state index in [9.17, 15) is 8.42 Å². The molecular weight excluding hydrogens is 499 g/mol. The SMILES string of the molecule is CCNC(=NCc1cccc(N(C)C)c1)NCCc1ccc(S(C)(=O)=O)cc1.I. The molecule has 0 bridgehead atoms. The maximum atomic E-state index is 11.5. The van der Waals surface area contributed by atoms with Crippen molar-refractivity contribution in [3.8, 4) is 0 Å². The zero-order chi connectivity index (χ0) is 20.6. The topological polar surface area (TPSA) is 73.8 Å². The van der Waals surface area contributed by atoms with Gasteiger partial charge in [-0.05, 0) is 48.7 Å². The predicted molar refractivity (Wildman–Crippen MR) is 132 cm³/mol. The van der Waals surface area contributed by atoms with E-state index < -0.39 is 9.84 Å². The summed E-state index contributed by atoms with van der Waals surface area (Å²) in [5, 5.41) is 6.59. The summed E-state index contributed by atoms with van der Waals surface area (Å²) >= 11 is 0. The van der Waals surface area contributed by atoms with Gasteiger partial charge >= 0.3 is 0 Å². The van der Waals surface area contributed by atoms with E-state index in [0.717, 1.165) is 35.7 Å². The summed E-state index contributed by atoms with van der Waals surface area (Å²) in [6, 6.07) is 15.3. The lowest BCUT2D eigenvalue weighted by molar-refractivity contribution is 0.602. The van der Waals surface area contributed by atoms with Gasteiger partial charge < -0.3 is 15.5 Å². The zero-order valence-electron chi connectivity index (χ0n) is 17.5. The maximum Gasteiger partial charge on any atom is 0.191 e. The van der Waals surface area contributed by atoms with Crippen LogP contribution in [0.25, 0.3) is 0 Å². The van der Waals surface area contributed by atoms with Crippen molar-refractivity contribution in [2.75, 3.05) is 38.3 Å². The second-order valence-corrected chi connectivity index (χ2v) is 8.87. The van der Waals surface area contributed by atoms with Crippen LogP contribution in [-0.4, -0.2) is 47.8 Å². The Labute approximate surface area is 191 Å². The van der Waals surface area contributed by atoms with E-state index >= 15 is 0 Å². The van der Waals surface area contributed by atoms with Crippen LogP contribution in [0.3, 0.4) is 0 Å². The molecule has 0 aliphatic heterocycles. The summed E-state index contributed by atoms with van der Waals surface area (Å²) < 4.78 is 23.1. The molecule has 160 valence electrons. The first-order valence-electron chi connectivity index (χ1n) is 9.37. The highest BCUT2D eigenvalue weighted by Gasteiger charge is 2.06. The molecule has 6 nitrogen and oxygen atoms in total. The molecular formula is C21H31IN4O2S. The molecule has 0 aromatic heterocycles. The van der Waals surface area contributed by atoms with Gasteiger partial charge in [-0.3, -0.25) is 0 Å². The molecule has 0 radical (unpaired) electrons. The number of halogens is 1. The van der Waals surface area contributed by atoms with E-state index in [2.05, 4.69) is 38.7 Å². The van der Waals surface area contributed by atoms with Crippen molar-refractivity contribution in [3.05, 3.63) is 59.7 Å². The number of nitrogens with one attached hydrogen (secondary N) is 2. The molecule has 2 aromatic rings. The van der Waals surface area contributed by atoms with Gasteiger partial charge in [0, 0.05) is 39.1 Å². The Bertz CT molecular complexity index is 897. The molecule has 0 heterocycles. The quantitative estimate of drug-likeness (QED) is 0.312. The number of hydrogen-bond acceptors (Lipinski definition) is 4. The van der Waals surface area contributed by atoms with Gasteiger partial charge in [0.1, 0.15) is 0 Å². The summed E-state index contributed by atoms with van der Waals surface area (Å²) in [5.41, 5.74) is 3.39. The average Bonchev–Trinajstić information content (AvgIpc) is 2.66. The van der Waals surface area contributed by atoms with Crippen LogP contribution in [0.2, 0.25) is 0 Å². The maximum absolute atomic E-state index is 11.5. The molecule has 2 aromatic carbocycles. The fourth-order valence-corrected chi connectivity index (χ4v) is 3.30. The van der Waals surface area contributed by atoms with Crippen LogP contribution in [-0.2, 0) is 22.8 Å². The van der Waals surface area contributed by atoms with Crippen LogP contribution < -0.4 is 15.5 Å². The number of rotatable bonds is 8. The Morgan fingerprint density at radius 3 is 2.31 bits per heavy atom. The Hall–Kier alpha value is -1.81. The summed E-state index contributed by atoms with van der Waals surface area (Å²) in [6.45, 7) is 4.13. The molecule has 0 saturated carbocycles. The lowest BCUT2D eigenvalue weighted by Gasteiger charge is -2.14. The molecule has 0 unspecified atom stereocenters. The minimum absolute atomic E-state index is 0. The lowest BCUT2D eigenvalue weighted by Crippen LogP contribution is -2.38. The fraction of sp³-hybridized carbons (Fsp3) is 0.381. The number of nitrogens with zero attached hydrogens (tertiary/aromatic N) is 2.